The summed E-state index contributed by atoms with van der Waals surface area (Å²) in [5, 5.41) is 32.6. The van der Waals surface area contributed by atoms with Crippen molar-refractivity contribution in [3.8, 4) is 0 Å². The second-order valence-electron chi connectivity index (χ2n) is 2.02. The molecule has 0 radical (unpaired) electrons. The van der Waals surface area contributed by atoms with Gasteiger partial charge in [-0.2, -0.15) is 0 Å². The quantitative estimate of drug-likeness (QED) is 0.438. The van der Waals surface area contributed by atoms with Gasteiger partial charge >= 0.3 is 19.5 Å². The summed E-state index contributed by atoms with van der Waals surface area (Å²) >= 11 is 0. The van der Waals surface area contributed by atoms with Gasteiger partial charge in [0, 0.05) is 25.8 Å². The molecule has 0 aliphatic rings. The molecular weight excluding hydrogens is 305 g/mol. The fourth-order valence-corrected chi connectivity index (χ4v) is 0. The van der Waals surface area contributed by atoms with Crippen LogP contribution in [0.3, 0.4) is 0 Å². The zero-order valence-corrected chi connectivity index (χ0v) is 13.5. The number of hydrogen-bond acceptors (Lipinski definition) is 6. The van der Waals surface area contributed by atoms with Crippen LogP contribution in [0.2, 0.25) is 0 Å². The van der Waals surface area contributed by atoms with E-state index in [1.165, 1.54) is 0 Å². The van der Waals surface area contributed by atoms with Crippen LogP contribution < -0.4 is 10.2 Å². The first kappa shape index (κ1) is 36.0. The van der Waals surface area contributed by atoms with Crippen molar-refractivity contribution in [1.29, 1.82) is 0 Å². The fraction of sp³-hybridized carbons (Fsp3) is 0.500. The number of carboxylic acid groups (broad SMARTS) is 4. The maximum Gasteiger partial charge on any atom is 2.00 e. The van der Waals surface area contributed by atoms with Crippen LogP contribution in [0.15, 0.2) is 0 Å². The van der Waals surface area contributed by atoms with Gasteiger partial charge in [0.05, 0.1) is 0 Å². The standard InChI is InChI=1S/4C2H4O2.H2O.Zn/c4*1-2(3)4;;/h4*1H3,(H,3,4);1H2;/q;;;;;+2/p-2. The molecule has 10 heteroatoms. The van der Waals surface area contributed by atoms with E-state index >= 15 is 0 Å². The second kappa shape index (κ2) is 29.5. The van der Waals surface area contributed by atoms with E-state index in [-0.39, 0.29) is 25.0 Å². The topological polar surface area (TPSA) is 186 Å². The predicted octanol–water partition coefficient (Wildman–Crippen LogP) is -3.13. The normalized spacial score (nSPS) is 5.56. The minimum absolute atomic E-state index is 0. The molecular formula is C8H16O9Zn. The van der Waals surface area contributed by atoms with Crippen molar-refractivity contribution in [3.63, 3.8) is 0 Å². The molecule has 0 spiro atoms. The van der Waals surface area contributed by atoms with Crippen molar-refractivity contribution in [3.05, 3.63) is 0 Å². The van der Waals surface area contributed by atoms with Crippen LogP contribution in [0.5, 0.6) is 0 Å². The molecule has 0 saturated carbocycles. The zero-order valence-electron chi connectivity index (χ0n) is 10.6. The van der Waals surface area contributed by atoms with Gasteiger partial charge in [0.15, 0.2) is 0 Å². The molecule has 0 unspecified atom stereocenters. The third-order valence-electron chi connectivity index (χ3n) is 0. The smallest absolute Gasteiger partial charge is 0.550 e. The molecule has 0 atom stereocenters. The van der Waals surface area contributed by atoms with Crippen LogP contribution >= 0.6 is 0 Å². The van der Waals surface area contributed by atoms with Crippen LogP contribution in [0.1, 0.15) is 27.7 Å². The zero-order chi connectivity index (χ0) is 14.3. The van der Waals surface area contributed by atoms with Gasteiger partial charge in [0.1, 0.15) is 0 Å². The van der Waals surface area contributed by atoms with Crippen LogP contribution in [-0.4, -0.2) is 39.6 Å². The molecule has 0 amide bonds. The Morgan fingerprint density at radius 2 is 0.722 bits per heavy atom. The largest absolute Gasteiger partial charge is 2.00 e. The Labute approximate surface area is 116 Å². The summed E-state index contributed by atoms with van der Waals surface area (Å²) in [6, 6.07) is 0. The summed E-state index contributed by atoms with van der Waals surface area (Å²) < 4.78 is 0. The van der Waals surface area contributed by atoms with Crippen molar-refractivity contribution in [2.75, 3.05) is 0 Å². The fourth-order valence-electron chi connectivity index (χ4n) is 0. The number of carbonyl (C=O) groups is 4. The van der Waals surface area contributed by atoms with E-state index in [0.29, 0.717) is 0 Å². The van der Waals surface area contributed by atoms with Crippen molar-refractivity contribution >= 4 is 23.9 Å². The van der Waals surface area contributed by atoms with E-state index in [4.69, 9.17) is 39.6 Å². The van der Waals surface area contributed by atoms with E-state index in [0.717, 1.165) is 27.7 Å². The molecule has 0 fully saturated rings. The molecule has 0 aromatic rings. The first-order valence-electron chi connectivity index (χ1n) is 3.67. The summed E-state index contributed by atoms with van der Waals surface area (Å²) in [6.45, 7) is 4.11. The average Bonchev–Trinajstić information content (AvgIpc) is 1.76. The van der Waals surface area contributed by atoms with Gasteiger partial charge in [-0.05, 0) is 13.8 Å². The monoisotopic (exact) mass is 320 g/mol. The first-order chi connectivity index (χ1) is 6.93. The molecule has 0 saturated heterocycles. The summed E-state index contributed by atoms with van der Waals surface area (Å²) in [4.78, 5) is 35.8. The van der Waals surface area contributed by atoms with E-state index < -0.39 is 23.9 Å². The van der Waals surface area contributed by atoms with E-state index in [1.54, 1.807) is 0 Å². The molecule has 0 aromatic carbocycles. The Kier molecular flexibility index (Phi) is 59.0. The maximum absolute atomic E-state index is 9.00. The Balaban J connectivity index is -0.0000000257. The molecule has 0 aliphatic heterocycles. The SMILES string of the molecule is CC(=O)O.CC(=O)O.CC(=O)[O-].CC(=O)[O-].O.[Zn+2]. The molecule has 104 valence electrons. The molecule has 9 nitrogen and oxygen atoms in total. The number of hydrogen-bond donors (Lipinski definition) is 2. The van der Waals surface area contributed by atoms with Gasteiger partial charge in [0.2, 0.25) is 0 Å². The van der Waals surface area contributed by atoms with Gasteiger partial charge < -0.3 is 35.5 Å². The van der Waals surface area contributed by atoms with E-state index in [2.05, 4.69) is 0 Å². The molecule has 4 N–H and O–H groups in total. The summed E-state index contributed by atoms with van der Waals surface area (Å²) in [6.07, 6.45) is 0. The average molecular weight is 322 g/mol. The minimum atomic E-state index is -1.08. The maximum atomic E-state index is 9.00. The number of carbonyl (C=O) groups excluding carboxylic acids is 2. The Morgan fingerprint density at radius 1 is 0.722 bits per heavy atom. The molecule has 0 aliphatic carbocycles. The molecule has 0 rings (SSSR count). The van der Waals surface area contributed by atoms with Crippen molar-refractivity contribution < 1.29 is 64.6 Å². The summed E-state index contributed by atoms with van der Waals surface area (Å²) in [5.74, 6) is -3.83. The van der Waals surface area contributed by atoms with Gasteiger partial charge in [-0.15, -0.1) is 0 Å². The van der Waals surface area contributed by atoms with E-state index in [1.807, 2.05) is 0 Å². The summed E-state index contributed by atoms with van der Waals surface area (Å²) in [5.41, 5.74) is 0. The first-order valence-corrected chi connectivity index (χ1v) is 3.67. The third kappa shape index (κ3) is 1110. The number of aliphatic carboxylic acids is 4. The van der Waals surface area contributed by atoms with E-state index in [9.17, 15) is 0 Å². The van der Waals surface area contributed by atoms with Gasteiger partial charge in [-0.3, -0.25) is 9.59 Å². The molecule has 18 heavy (non-hydrogen) atoms. The number of carboxylic acids is 4. The molecule has 0 heterocycles. The van der Waals surface area contributed by atoms with Crippen LogP contribution in [0, 0.1) is 0 Å². The predicted molar refractivity (Wildman–Crippen MR) is 51.6 cm³/mol. The van der Waals surface area contributed by atoms with Crippen molar-refractivity contribution in [2.24, 2.45) is 0 Å². The van der Waals surface area contributed by atoms with Crippen LogP contribution in [0.25, 0.3) is 0 Å². The van der Waals surface area contributed by atoms with Crippen LogP contribution in [0.4, 0.5) is 0 Å². The molecule has 0 aromatic heterocycles. The molecule has 0 bridgehead atoms. The Bertz CT molecular complexity index is 163. The second-order valence-corrected chi connectivity index (χ2v) is 2.02. The van der Waals surface area contributed by atoms with Gasteiger partial charge in [-0.25, -0.2) is 0 Å². The Hall–Kier alpha value is -1.54. The Morgan fingerprint density at radius 3 is 0.722 bits per heavy atom. The third-order valence-corrected chi connectivity index (χ3v) is 0. The van der Waals surface area contributed by atoms with Crippen LogP contribution in [-0.2, 0) is 38.7 Å². The van der Waals surface area contributed by atoms with Gasteiger partial charge in [0.25, 0.3) is 11.9 Å². The minimum Gasteiger partial charge on any atom is -0.550 e. The van der Waals surface area contributed by atoms with Crippen molar-refractivity contribution in [1.82, 2.24) is 0 Å². The van der Waals surface area contributed by atoms with Crippen molar-refractivity contribution in [2.45, 2.75) is 27.7 Å². The summed E-state index contributed by atoms with van der Waals surface area (Å²) in [7, 11) is 0. The van der Waals surface area contributed by atoms with Gasteiger partial charge in [-0.1, -0.05) is 0 Å². The number of rotatable bonds is 0.